The van der Waals surface area contributed by atoms with Crippen LogP contribution in [0.2, 0.25) is 0 Å². The lowest BCUT2D eigenvalue weighted by Crippen LogP contribution is -2.76. The molecule has 0 aromatic rings. The molecule has 2 heterocycles. The zero-order valence-electron chi connectivity index (χ0n) is 14.2. The Hall–Kier alpha value is -1.94. The van der Waals surface area contributed by atoms with E-state index in [1.807, 2.05) is 6.92 Å². The number of nitrogens with zero attached hydrogens (tertiary/aromatic N) is 1. The Labute approximate surface area is 145 Å². The molecule has 1 amide bonds. The van der Waals surface area contributed by atoms with Crippen LogP contribution >= 0.6 is 0 Å². The number of nitrogens with one attached hydrogen (secondary N) is 1. The summed E-state index contributed by atoms with van der Waals surface area (Å²) in [6.45, 7) is 3.00. The van der Waals surface area contributed by atoms with Crippen LogP contribution in [0.15, 0.2) is 11.3 Å². The molecule has 0 aliphatic carbocycles. The number of rotatable bonds is 8. The summed E-state index contributed by atoms with van der Waals surface area (Å²) in [6.07, 6.45) is 2.23. The molecule has 2 N–H and O–H groups in total. The lowest BCUT2D eigenvalue weighted by Gasteiger charge is -2.53. The van der Waals surface area contributed by atoms with E-state index in [4.69, 9.17) is 4.74 Å². The number of carbonyl (C=O) groups excluding carboxylic acids is 2. The minimum absolute atomic E-state index is 0.110. The van der Waals surface area contributed by atoms with E-state index in [0.717, 1.165) is 24.7 Å². The molecule has 2 rings (SSSR count). The van der Waals surface area contributed by atoms with Crippen molar-refractivity contribution in [3.63, 3.8) is 0 Å². The van der Waals surface area contributed by atoms with E-state index in [0.29, 0.717) is 13.0 Å². The van der Waals surface area contributed by atoms with E-state index in [1.165, 1.54) is 0 Å². The number of carboxylic acids is 1. The number of amides is 1. The highest BCUT2D eigenvalue weighted by Gasteiger charge is 2.65. The molecule has 0 bridgehead atoms. The maximum absolute atomic E-state index is 12.8. The molecular formula is C15H22N2O7S. The number of β-lactam (4-membered cyclic amide) rings is 1. The van der Waals surface area contributed by atoms with Crippen molar-refractivity contribution in [1.82, 2.24) is 10.2 Å². The van der Waals surface area contributed by atoms with E-state index >= 15 is 0 Å². The molecule has 1 atom stereocenters. The van der Waals surface area contributed by atoms with Gasteiger partial charge in [-0.25, -0.2) is 13.2 Å². The third-order valence-corrected chi connectivity index (χ3v) is 6.50. The molecule has 0 saturated carbocycles. The summed E-state index contributed by atoms with van der Waals surface area (Å²) in [4.78, 5) is 33.8. The van der Waals surface area contributed by atoms with Crippen molar-refractivity contribution in [3.8, 4) is 0 Å². The average Bonchev–Trinajstić information content (AvgIpc) is 2.50. The zero-order valence-corrected chi connectivity index (χ0v) is 15.0. The fourth-order valence-corrected chi connectivity index (χ4v) is 5.11. The first-order valence-corrected chi connectivity index (χ1v) is 9.70. The third kappa shape index (κ3) is 3.40. The topological polar surface area (TPSA) is 130 Å². The number of hydrogen-bond donors (Lipinski definition) is 2. The second kappa shape index (κ2) is 7.12. The molecule has 1 saturated heterocycles. The molecule has 10 heteroatoms. The van der Waals surface area contributed by atoms with Gasteiger partial charge in [0.05, 0.1) is 12.2 Å². The third-order valence-electron chi connectivity index (χ3n) is 4.27. The van der Waals surface area contributed by atoms with Gasteiger partial charge in [0.25, 0.3) is 0 Å². The van der Waals surface area contributed by atoms with E-state index < -0.39 is 50.7 Å². The highest BCUT2D eigenvalue weighted by molar-refractivity contribution is 7.93. The van der Waals surface area contributed by atoms with Gasteiger partial charge in [-0.05, 0) is 13.0 Å². The Morgan fingerprint density at radius 1 is 1.36 bits per heavy atom. The maximum atomic E-state index is 12.8. The Balaban J connectivity index is 2.39. The molecular weight excluding hydrogens is 352 g/mol. The van der Waals surface area contributed by atoms with Crippen molar-refractivity contribution in [2.75, 3.05) is 18.9 Å². The standard InChI is InChI=1S/C15H22N2O7S/c1-3-4-5-6-16-15-7-12(19)17(15)13(14(20)21)11(8-24-10(2)18)9-25(15,22)23/h16H,3-9H2,1-2H3,(H,20,21). The lowest BCUT2D eigenvalue weighted by atomic mass is 10.0. The summed E-state index contributed by atoms with van der Waals surface area (Å²) in [5.41, 5.74) is -0.531. The number of aliphatic carboxylic acids is 1. The zero-order chi connectivity index (χ0) is 18.8. The molecule has 0 aromatic carbocycles. The highest BCUT2D eigenvalue weighted by Crippen LogP contribution is 2.43. The molecule has 1 fully saturated rings. The van der Waals surface area contributed by atoms with Crippen molar-refractivity contribution in [3.05, 3.63) is 11.3 Å². The van der Waals surface area contributed by atoms with Crippen LogP contribution in [0.1, 0.15) is 39.5 Å². The van der Waals surface area contributed by atoms with Gasteiger partial charge in [0, 0.05) is 12.5 Å². The predicted octanol–water partition coefficient (Wildman–Crippen LogP) is -0.0175. The van der Waals surface area contributed by atoms with Gasteiger partial charge in [0.1, 0.15) is 12.3 Å². The van der Waals surface area contributed by atoms with Crippen LogP contribution in [0.5, 0.6) is 0 Å². The van der Waals surface area contributed by atoms with Gasteiger partial charge in [-0.2, -0.15) is 0 Å². The SMILES string of the molecule is CCCCCNC12CC(=O)N1C(C(=O)O)=C(COC(C)=O)CS2(=O)=O. The van der Waals surface area contributed by atoms with Crippen LogP contribution in [0.25, 0.3) is 0 Å². The van der Waals surface area contributed by atoms with Gasteiger partial charge in [0.15, 0.2) is 9.84 Å². The van der Waals surface area contributed by atoms with E-state index in [2.05, 4.69) is 5.32 Å². The summed E-state index contributed by atoms with van der Waals surface area (Å²) < 4.78 is 30.3. The Kier molecular flexibility index (Phi) is 5.52. The Bertz CT molecular complexity index is 728. The van der Waals surface area contributed by atoms with Gasteiger partial charge in [-0.3, -0.25) is 19.8 Å². The quantitative estimate of drug-likeness (QED) is 0.344. The molecule has 140 valence electrons. The normalized spacial score (nSPS) is 24.6. The van der Waals surface area contributed by atoms with Crippen molar-refractivity contribution >= 4 is 27.7 Å². The van der Waals surface area contributed by atoms with Crippen molar-refractivity contribution in [2.24, 2.45) is 0 Å². The number of sulfone groups is 1. The minimum Gasteiger partial charge on any atom is -0.477 e. The molecule has 0 radical (unpaired) electrons. The molecule has 9 nitrogen and oxygen atoms in total. The van der Waals surface area contributed by atoms with Gasteiger partial charge < -0.3 is 9.84 Å². The second-order valence-electron chi connectivity index (χ2n) is 6.12. The van der Waals surface area contributed by atoms with Gasteiger partial charge in [-0.15, -0.1) is 0 Å². The van der Waals surface area contributed by atoms with Crippen LogP contribution in [0.4, 0.5) is 0 Å². The van der Waals surface area contributed by atoms with Crippen molar-refractivity contribution in [2.45, 2.75) is 44.5 Å². The number of carboxylic acid groups (broad SMARTS) is 1. The number of fused-ring (bicyclic) bond motifs is 1. The monoisotopic (exact) mass is 374 g/mol. The van der Waals surface area contributed by atoms with Gasteiger partial charge in [0.2, 0.25) is 10.9 Å². The molecule has 2 aliphatic heterocycles. The van der Waals surface area contributed by atoms with E-state index in [9.17, 15) is 27.9 Å². The highest BCUT2D eigenvalue weighted by atomic mass is 32.2. The van der Waals surface area contributed by atoms with Crippen LogP contribution in [-0.4, -0.2) is 60.2 Å². The summed E-state index contributed by atoms with van der Waals surface area (Å²) >= 11 is 0. The van der Waals surface area contributed by atoms with Crippen LogP contribution in [-0.2, 0) is 29.0 Å². The van der Waals surface area contributed by atoms with Crippen LogP contribution in [0.3, 0.4) is 0 Å². The molecule has 1 unspecified atom stereocenters. The van der Waals surface area contributed by atoms with E-state index in [-0.39, 0.29) is 12.0 Å². The smallest absolute Gasteiger partial charge is 0.352 e. The Morgan fingerprint density at radius 3 is 2.56 bits per heavy atom. The first-order chi connectivity index (χ1) is 11.7. The Morgan fingerprint density at radius 2 is 2.04 bits per heavy atom. The fraction of sp³-hybridized carbons (Fsp3) is 0.667. The number of unbranched alkanes of at least 4 members (excludes halogenated alkanes) is 2. The number of hydrogen-bond acceptors (Lipinski definition) is 7. The predicted molar refractivity (Wildman–Crippen MR) is 86.8 cm³/mol. The van der Waals surface area contributed by atoms with Crippen LogP contribution in [0, 0.1) is 0 Å². The van der Waals surface area contributed by atoms with Crippen molar-refractivity contribution < 1.29 is 32.6 Å². The molecule has 0 aromatic heterocycles. The van der Waals surface area contributed by atoms with Gasteiger partial charge >= 0.3 is 11.9 Å². The number of esters is 1. The summed E-state index contributed by atoms with van der Waals surface area (Å²) in [5.74, 6) is -3.26. The maximum Gasteiger partial charge on any atom is 0.352 e. The van der Waals surface area contributed by atoms with E-state index in [1.54, 1.807) is 0 Å². The summed E-state index contributed by atoms with van der Waals surface area (Å²) in [6, 6.07) is 0. The largest absolute Gasteiger partial charge is 0.477 e. The molecule has 25 heavy (non-hydrogen) atoms. The van der Waals surface area contributed by atoms with Crippen LogP contribution < -0.4 is 5.32 Å². The first kappa shape index (κ1) is 19.4. The average molecular weight is 374 g/mol. The van der Waals surface area contributed by atoms with Crippen molar-refractivity contribution in [1.29, 1.82) is 0 Å². The minimum atomic E-state index is -3.89. The molecule has 0 spiro atoms. The summed E-state index contributed by atoms with van der Waals surface area (Å²) in [7, 11) is -3.89. The summed E-state index contributed by atoms with van der Waals surface area (Å²) in [5, 5.41) is 12.4. The number of ether oxygens (including phenoxy) is 1. The fourth-order valence-electron chi connectivity index (χ4n) is 3.06. The second-order valence-corrected chi connectivity index (χ2v) is 8.31. The molecule has 2 aliphatic rings. The lowest BCUT2D eigenvalue weighted by molar-refractivity contribution is -0.154. The number of carbonyl (C=O) groups is 3. The first-order valence-electron chi connectivity index (χ1n) is 8.05. The van der Waals surface area contributed by atoms with Gasteiger partial charge in [-0.1, -0.05) is 19.8 Å².